The fourth-order valence-electron chi connectivity index (χ4n) is 12.2. The van der Waals surface area contributed by atoms with Gasteiger partial charge in [-0.2, -0.15) is 0 Å². The molecule has 2 atom stereocenters. The summed E-state index contributed by atoms with van der Waals surface area (Å²) < 4.78 is 76.8. The molecule has 20 nitrogen and oxygen atoms in total. The molecule has 25 radical (unpaired) electrons. The molecule has 4 aliphatic rings. The monoisotopic (exact) mass is 1500 g/mol. The summed E-state index contributed by atoms with van der Waals surface area (Å²) in [6.07, 6.45) is 3.10. The minimum absolute atomic E-state index is 0.0395. The molecule has 507 valence electrons. The summed E-state index contributed by atoms with van der Waals surface area (Å²) >= 11 is 20.5. The summed E-state index contributed by atoms with van der Waals surface area (Å²) in [6.45, 7) is 6.32. The van der Waals surface area contributed by atoms with Gasteiger partial charge in [0.2, 0.25) is 5.82 Å². The maximum atomic E-state index is 14.6. The molecule has 0 amide bonds. The molecule has 4 aliphatic heterocycles. The zero-order valence-electron chi connectivity index (χ0n) is 57.3. The number of esters is 2. The third-order valence-electron chi connectivity index (χ3n) is 17.0. The average molecular weight is 1500 g/mol. The van der Waals surface area contributed by atoms with E-state index >= 15 is 0 Å². The summed E-state index contributed by atoms with van der Waals surface area (Å²) in [6, 6.07) is 2.60. The molecular weight excluding hydrogens is 1450 g/mol. The van der Waals surface area contributed by atoms with Gasteiger partial charge in [0.25, 0.3) is 0 Å². The second-order valence-corrected chi connectivity index (χ2v) is 26.6. The van der Waals surface area contributed by atoms with E-state index in [1.807, 2.05) is 10.3 Å². The van der Waals surface area contributed by atoms with Crippen molar-refractivity contribution < 1.29 is 60.8 Å². The summed E-state index contributed by atoms with van der Waals surface area (Å²) in [4.78, 5) is 82.7. The van der Waals surface area contributed by atoms with Gasteiger partial charge < -0.3 is 40.5 Å². The van der Waals surface area contributed by atoms with Crippen LogP contribution in [-0.2, 0) is 19.1 Å². The third-order valence-corrected chi connectivity index (χ3v) is 19.5. The number of allylic oxidation sites excluding steroid dienone is 2. The first-order valence-corrected chi connectivity index (χ1v) is 35.4. The topological polar surface area (TPSA) is 269 Å². The Kier molecular flexibility index (Phi) is 35.8. The number of benzene rings is 2. The highest BCUT2D eigenvalue weighted by Gasteiger charge is 2.48. The number of aromatic carboxylic acids is 2. The van der Waals surface area contributed by atoms with Crippen molar-refractivity contribution in [3.8, 4) is 0 Å². The minimum Gasteiger partial charge on any atom is -0.476 e. The Morgan fingerprint density at radius 3 is 1.36 bits per heavy atom. The molecule has 2 aromatic carbocycles. The van der Waals surface area contributed by atoms with Crippen LogP contribution in [-0.4, -0.2) is 286 Å². The molecule has 6 aromatic rings. The van der Waals surface area contributed by atoms with Crippen LogP contribution in [0.5, 0.6) is 0 Å². The number of nitrogens with zero attached hydrogens (tertiary/aromatic N) is 9. The van der Waals surface area contributed by atoms with Crippen molar-refractivity contribution in [3.05, 3.63) is 166 Å². The van der Waals surface area contributed by atoms with E-state index in [-0.39, 0.29) is 58.8 Å². The Labute approximate surface area is 655 Å². The van der Waals surface area contributed by atoms with Crippen LogP contribution in [0, 0.1) is 35.1 Å². The predicted molar refractivity (Wildman–Crippen MR) is 432 cm³/mol. The lowest BCUT2D eigenvalue weighted by Gasteiger charge is -2.45. The van der Waals surface area contributed by atoms with E-state index in [2.05, 4.69) is 55.8 Å². The molecule has 106 heavy (non-hydrogen) atoms. The second-order valence-electron chi connectivity index (χ2n) is 23.7. The predicted octanol–water partition coefficient (Wildman–Crippen LogP) is 1.03. The number of thiazole rings is 2. The van der Waals surface area contributed by atoms with Crippen LogP contribution in [0.15, 0.2) is 105 Å². The van der Waals surface area contributed by atoms with Gasteiger partial charge in [-0.3, -0.25) is 14.4 Å². The van der Waals surface area contributed by atoms with Crippen LogP contribution in [0.25, 0.3) is 0 Å². The number of aromatic nitrogens is 6. The van der Waals surface area contributed by atoms with Gasteiger partial charge in [0.15, 0.2) is 50.6 Å². The first-order valence-electron chi connectivity index (χ1n) is 32.5. The zero-order valence-corrected chi connectivity index (χ0v) is 61.2. The Hall–Kier alpha value is -6.07. The van der Waals surface area contributed by atoms with Crippen molar-refractivity contribution in [2.75, 3.05) is 51.5 Å². The van der Waals surface area contributed by atoms with E-state index in [0.29, 0.717) is 77.0 Å². The number of carboxylic acid groups (broad SMARTS) is 2. The third kappa shape index (κ3) is 23.0. The number of aliphatic imine (C=N–C) groups is 2. The quantitative estimate of drug-likeness (QED) is 0.0260. The maximum absolute atomic E-state index is 14.6. The van der Waals surface area contributed by atoms with Gasteiger partial charge in [0.05, 0.1) is 59.0 Å². The van der Waals surface area contributed by atoms with Crippen LogP contribution in [0.4, 0.5) is 27.8 Å². The normalized spacial score (nSPS) is 15.4. The van der Waals surface area contributed by atoms with Gasteiger partial charge in [-0.05, 0) is 64.8 Å². The number of nitrogens with one attached hydrogen (secondary N) is 3. The molecule has 0 saturated carbocycles. The number of piperidine rings is 2. The SMILES string of the molecule is CCOC(=O)C1=C(C2CCN(c3cnc(C(=O)O)cn3)CC2)NC(c2nccs2)=NC1c1ccc(F)c(F)c1Cl.CCOC(=O)C1=C(C2CCNCC2)NC(c2nccs2)=NC1c1ccc(F)c(F)c1Cl.CF.O=C(O)c1ncc(Cl)cn1.[B][B]B([B])B(B([B])[B])B(B(B([B])[B])B([B])[B])B(B([B])[B])B([B])[B]. The van der Waals surface area contributed by atoms with Crippen LogP contribution >= 0.6 is 57.5 Å². The number of carbonyl (C=O) groups excluding carboxylic acids is 2. The number of ether oxygens (including phenoxy) is 2. The molecule has 8 heterocycles. The molecule has 0 bridgehead atoms. The van der Waals surface area contributed by atoms with E-state index in [0.717, 1.165) is 38.1 Å². The fraction of sp³-hybridized carbons (Fsp3) is 0.321. The molecule has 4 aromatic heterocycles. The Morgan fingerprint density at radius 1 is 0.585 bits per heavy atom. The molecule has 0 aliphatic carbocycles. The molecular formula is C53H50B23Cl3F5N12O8S2. The zero-order chi connectivity index (χ0) is 78.4. The summed E-state index contributed by atoms with van der Waals surface area (Å²) in [5, 5.41) is 31.5. The van der Waals surface area contributed by atoms with Crippen molar-refractivity contribution in [1.82, 2.24) is 45.9 Å². The lowest BCUT2D eigenvalue weighted by atomic mass is 8.36. The molecule has 53 heteroatoms. The summed E-state index contributed by atoms with van der Waals surface area (Å²) in [5.41, 5.74) is 1.84. The largest absolute Gasteiger partial charge is 0.476 e. The van der Waals surface area contributed by atoms with Gasteiger partial charge in [-0.1, -0.05) is 46.9 Å². The molecule has 0 spiro atoms. The Bertz CT molecular complexity index is 4020. The van der Waals surface area contributed by atoms with Crippen molar-refractivity contribution in [2.24, 2.45) is 21.8 Å². The number of halogens is 8. The van der Waals surface area contributed by atoms with Crippen LogP contribution in [0.3, 0.4) is 0 Å². The molecule has 2 unspecified atom stereocenters. The standard InChI is InChI=1S/C26H23ClF2N6O4S.C21H21ClF2N4O2S.C5H3ClN2O2.CH3F.B23/c1-2-39-26(38)18-21(13-5-8-35(9-6-13)17-12-31-16(11-32-17)25(36)37)33-23(24-30-7-10-40-24)34-22(18)14-3-4-15(28)20(29)19(14)27;1-2-30-21(29)14-17(11-5-7-25-8-6-11)27-19(20-26-9-10-31-20)28-18(14)12-3-4-13(23)16(24)15(12)22;6-3-1-7-4(5(9)10)8-2-3;1-2;1-13-19(12)22(18(10)11)23(20(14(2)3)15(4)5)21(16(6)7)17(8)9/h3-4,7,10-13,22H,2,5-6,8-9H2,1H3,(H,33,34)(H,36,37);3-4,9-11,18,25H,2,5-8H2,1H3,(H,27,28);1-2H,(H,9,10);1H3;. The number of alkyl halides is 1. The van der Waals surface area contributed by atoms with Gasteiger partial charge in [0, 0.05) is 247 Å². The average Bonchev–Trinajstić information content (AvgIpc) is 1.18. The number of anilines is 1. The van der Waals surface area contributed by atoms with Crippen molar-refractivity contribution in [1.29, 1.82) is 0 Å². The molecule has 2 saturated heterocycles. The number of amidine groups is 2. The summed E-state index contributed by atoms with van der Waals surface area (Å²) in [5.74, 6) is -7.09. The van der Waals surface area contributed by atoms with Gasteiger partial charge in [0.1, 0.15) is 17.9 Å². The minimum atomic E-state index is -1.23. The van der Waals surface area contributed by atoms with Crippen molar-refractivity contribution in [2.45, 2.75) is 51.6 Å². The van der Waals surface area contributed by atoms with E-state index in [1.54, 1.807) is 31.6 Å². The number of hydrogen-bond donors (Lipinski definition) is 5. The van der Waals surface area contributed by atoms with E-state index in [9.17, 15) is 41.1 Å². The number of hydrogen-bond acceptors (Lipinski definition) is 20. The lowest BCUT2D eigenvalue weighted by Crippen LogP contribution is -2.83. The smallest absolute Gasteiger partial charge is 0.373 e. The van der Waals surface area contributed by atoms with E-state index in [4.69, 9.17) is 147 Å². The van der Waals surface area contributed by atoms with Crippen LogP contribution in [0.1, 0.15) is 93.9 Å². The first-order chi connectivity index (χ1) is 50.4. The maximum Gasteiger partial charge on any atom is 0.373 e. The van der Waals surface area contributed by atoms with Gasteiger partial charge >= 0.3 is 23.9 Å². The number of carbonyl (C=O) groups is 4. The molecule has 5 N–H and O–H groups in total. The number of carboxylic acids is 2. The first kappa shape index (κ1) is 88.8. The van der Waals surface area contributed by atoms with Crippen LogP contribution < -0.4 is 20.9 Å². The second kappa shape index (κ2) is 42.8. The highest BCUT2D eigenvalue weighted by atomic mass is 35.5. The Morgan fingerprint density at radius 2 is 1.01 bits per heavy atom. The Balaban J connectivity index is 0.000000238. The van der Waals surface area contributed by atoms with Gasteiger partial charge in [-0.25, -0.2) is 66.6 Å². The molecule has 10 rings (SSSR count). The summed E-state index contributed by atoms with van der Waals surface area (Å²) in [7, 11) is 71.9. The molecule has 2 fully saturated rings. The highest BCUT2D eigenvalue weighted by Crippen LogP contribution is 2.43. The number of rotatable bonds is 23. The van der Waals surface area contributed by atoms with E-state index in [1.165, 1.54) is 66.7 Å². The van der Waals surface area contributed by atoms with Crippen LogP contribution in [0.2, 0.25) is 15.1 Å². The fourth-order valence-corrected chi connectivity index (χ4v) is 14.0. The van der Waals surface area contributed by atoms with E-state index < -0.39 is 133 Å². The highest BCUT2D eigenvalue weighted by molar-refractivity contribution is 8.22. The van der Waals surface area contributed by atoms with Crippen molar-refractivity contribution >= 4 is 263 Å². The lowest BCUT2D eigenvalue weighted by molar-refractivity contribution is -0.140. The van der Waals surface area contributed by atoms with Crippen molar-refractivity contribution in [3.63, 3.8) is 0 Å². The van der Waals surface area contributed by atoms with Gasteiger partial charge in [-0.15, -0.1) is 22.7 Å².